The maximum atomic E-state index is 13.6. The molecule has 1 amide bonds. The van der Waals surface area contributed by atoms with E-state index in [-0.39, 0.29) is 11.3 Å². The van der Waals surface area contributed by atoms with E-state index in [1.54, 1.807) is 30.3 Å². The van der Waals surface area contributed by atoms with Crippen LogP contribution < -0.4 is 14.4 Å². The number of methoxy groups -OCH3 is 2. The minimum atomic E-state index is -0.967. The molecule has 0 radical (unpaired) electrons. The van der Waals surface area contributed by atoms with Crippen molar-refractivity contribution >= 4 is 23.1 Å². The number of carbonyl (C=O) groups is 2. The molecule has 0 aromatic heterocycles. The number of aliphatic hydroxyl groups excluding tert-OH is 1. The zero-order valence-corrected chi connectivity index (χ0v) is 19.3. The van der Waals surface area contributed by atoms with Crippen LogP contribution in [-0.4, -0.2) is 31.0 Å². The van der Waals surface area contributed by atoms with E-state index >= 15 is 0 Å². The van der Waals surface area contributed by atoms with Crippen molar-refractivity contribution in [3.8, 4) is 11.5 Å². The highest BCUT2D eigenvalue weighted by Crippen LogP contribution is 2.44. The summed E-state index contributed by atoms with van der Waals surface area (Å²) in [4.78, 5) is 27.8. The van der Waals surface area contributed by atoms with Crippen LogP contribution in [-0.2, 0) is 9.59 Å². The van der Waals surface area contributed by atoms with Gasteiger partial charge in [-0.25, -0.2) is 4.39 Å². The van der Waals surface area contributed by atoms with Crippen molar-refractivity contribution in [3.05, 3.63) is 94.3 Å². The van der Waals surface area contributed by atoms with E-state index < -0.39 is 23.5 Å². The van der Waals surface area contributed by atoms with Crippen LogP contribution in [0, 0.1) is 19.7 Å². The van der Waals surface area contributed by atoms with E-state index in [2.05, 4.69) is 0 Å². The molecule has 1 atom stereocenters. The zero-order valence-electron chi connectivity index (χ0n) is 19.3. The second-order valence-corrected chi connectivity index (χ2v) is 8.08. The fourth-order valence-electron chi connectivity index (χ4n) is 4.37. The molecule has 3 aromatic rings. The minimum Gasteiger partial charge on any atom is -0.507 e. The molecule has 4 rings (SSSR count). The number of carbonyl (C=O) groups excluding carboxylic acids is 2. The number of Topliss-reactive ketones (excluding diaryl/α,β-unsaturated/α-hetero) is 1. The molecule has 1 aliphatic rings. The predicted octanol–water partition coefficient (Wildman–Crippen LogP) is 5.09. The lowest BCUT2D eigenvalue weighted by Gasteiger charge is -2.26. The molecular formula is C27H24FNO5. The van der Waals surface area contributed by atoms with E-state index in [1.807, 2.05) is 19.9 Å². The maximum Gasteiger partial charge on any atom is 0.300 e. The third-order valence-corrected chi connectivity index (χ3v) is 5.84. The number of hydrogen-bond donors (Lipinski definition) is 1. The lowest BCUT2D eigenvalue weighted by atomic mass is 9.93. The molecular weight excluding hydrogens is 437 g/mol. The number of aryl methyl sites for hydroxylation is 2. The van der Waals surface area contributed by atoms with Gasteiger partial charge in [0.15, 0.2) is 0 Å². The Morgan fingerprint density at radius 1 is 0.971 bits per heavy atom. The van der Waals surface area contributed by atoms with Gasteiger partial charge in [-0.2, -0.15) is 0 Å². The molecule has 6 nitrogen and oxygen atoms in total. The van der Waals surface area contributed by atoms with Crippen LogP contribution >= 0.6 is 0 Å². The summed E-state index contributed by atoms with van der Waals surface area (Å²) in [5.74, 6) is -1.58. The summed E-state index contributed by atoms with van der Waals surface area (Å²) in [7, 11) is 2.99. The van der Waals surface area contributed by atoms with E-state index in [1.165, 1.54) is 43.4 Å². The minimum absolute atomic E-state index is 0.0918. The fraction of sp³-hybridized carbons (Fsp3) is 0.185. The van der Waals surface area contributed by atoms with Crippen LogP contribution in [0.4, 0.5) is 10.1 Å². The summed E-state index contributed by atoms with van der Waals surface area (Å²) in [6, 6.07) is 14.8. The summed E-state index contributed by atoms with van der Waals surface area (Å²) in [5, 5.41) is 11.4. The number of hydrogen-bond acceptors (Lipinski definition) is 5. The molecule has 1 N–H and O–H groups in total. The lowest BCUT2D eigenvalue weighted by molar-refractivity contribution is -0.132. The Hall–Kier alpha value is -4.13. The highest BCUT2D eigenvalue weighted by atomic mass is 19.1. The summed E-state index contributed by atoms with van der Waals surface area (Å²) in [5.41, 5.74) is 2.71. The molecule has 1 fully saturated rings. The first-order chi connectivity index (χ1) is 16.3. The molecule has 1 saturated heterocycles. The van der Waals surface area contributed by atoms with Gasteiger partial charge in [0.1, 0.15) is 23.1 Å². The van der Waals surface area contributed by atoms with E-state index in [4.69, 9.17) is 9.47 Å². The molecule has 0 aliphatic carbocycles. The first kappa shape index (κ1) is 23.0. The van der Waals surface area contributed by atoms with Crippen LogP contribution in [0.1, 0.15) is 28.3 Å². The Bertz CT molecular complexity index is 1310. The summed E-state index contributed by atoms with van der Waals surface area (Å²) in [6.07, 6.45) is 0. The van der Waals surface area contributed by atoms with Gasteiger partial charge in [0, 0.05) is 5.69 Å². The third kappa shape index (κ3) is 3.90. The molecule has 1 aliphatic heterocycles. The van der Waals surface area contributed by atoms with Gasteiger partial charge < -0.3 is 14.6 Å². The van der Waals surface area contributed by atoms with Crippen LogP contribution in [0.15, 0.2) is 66.2 Å². The summed E-state index contributed by atoms with van der Waals surface area (Å²) in [6.45, 7) is 3.69. The van der Waals surface area contributed by atoms with Gasteiger partial charge in [0.25, 0.3) is 11.7 Å². The molecule has 1 unspecified atom stereocenters. The van der Waals surface area contributed by atoms with Gasteiger partial charge in [-0.3, -0.25) is 14.5 Å². The van der Waals surface area contributed by atoms with Crippen molar-refractivity contribution in [2.45, 2.75) is 19.9 Å². The molecule has 7 heteroatoms. The first-order valence-electron chi connectivity index (χ1n) is 10.6. The summed E-state index contributed by atoms with van der Waals surface area (Å²) < 4.78 is 24.4. The van der Waals surface area contributed by atoms with Crippen molar-refractivity contribution in [1.82, 2.24) is 0 Å². The molecule has 0 spiro atoms. The van der Waals surface area contributed by atoms with Crippen LogP contribution in [0.5, 0.6) is 11.5 Å². The Kier molecular flexibility index (Phi) is 6.11. The van der Waals surface area contributed by atoms with Gasteiger partial charge in [-0.15, -0.1) is 0 Å². The van der Waals surface area contributed by atoms with E-state index in [0.29, 0.717) is 28.3 Å². The molecule has 3 aromatic carbocycles. The van der Waals surface area contributed by atoms with Gasteiger partial charge in [-0.05, 0) is 73.0 Å². The van der Waals surface area contributed by atoms with Gasteiger partial charge in [-0.1, -0.05) is 18.2 Å². The second-order valence-electron chi connectivity index (χ2n) is 8.08. The maximum absolute atomic E-state index is 13.6. The SMILES string of the molecule is COc1cccc(C2/C(=C(\O)c3cc(C)cc(C)c3OC)C(=O)C(=O)N2c2ccc(F)cc2)c1. The number of benzene rings is 3. The normalized spacial score (nSPS) is 17.2. The van der Waals surface area contributed by atoms with Crippen molar-refractivity contribution in [2.24, 2.45) is 0 Å². The average Bonchev–Trinajstić information content (AvgIpc) is 3.09. The molecule has 1 heterocycles. The molecule has 0 saturated carbocycles. The standard InChI is InChI=1S/C27H24FNO5/c1-15-12-16(2)26(34-4)21(13-15)24(30)22-23(17-6-5-7-20(14-17)33-3)29(27(32)25(22)31)19-10-8-18(28)9-11-19/h5-14,23,30H,1-4H3/b24-22+. The Morgan fingerprint density at radius 2 is 1.68 bits per heavy atom. The average molecular weight is 461 g/mol. The number of ketones is 1. The van der Waals surface area contributed by atoms with Crippen molar-refractivity contribution < 1.29 is 28.6 Å². The monoisotopic (exact) mass is 461 g/mol. The van der Waals surface area contributed by atoms with E-state index in [0.717, 1.165) is 11.1 Å². The van der Waals surface area contributed by atoms with Gasteiger partial charge in [0.2, 0.25) is 0 Å². The lowest BCUT2D eigenvalue weighted by Crippen LogP contribution is -2.29. The highest BCUT2D eigenvalue weighted by Gasteiger charge is 2.47. The Morgan fingerprint density at radius 3 is 2.32 bits per heavy atom. The van der Waals surface area contributed by atoms with Gasteiger partial charge >= 0.3 is 0 Å². The van der Waals surface area contributed by atoms with Crippen LogP contribution in [0.2, 0.25) is 0 Å². The summed E-state index contributed by atoms with van der Waals surface area (Å²) >= 11 is 0. The Balaban J connectivity index is 2.01. The smallest absolute Gasteiger partial charge is 0.300 e. The van der Waals surface area contributed by atoms with Crippen LogP contribution in [0.3, 0.4) is 0 Å². The third-order valence-electron chi connectivity index (χ3n) is 5.84. The van der Waals surface area contributed by atoms with Crippen molar-refractivity contribution in [1.29, 1.82) is 0 Å². The second kappa shape index (κ2) is 9.02. The van der Waals surface area contributed by atoms with E-state index in [9.17, 15) is 19.1 Å². The fourth-order valence-corrected chi connectivity index (χ4v) is 4.37. The molecule has 0 bridgehead atoms. The number of amides is 1. The number of rotatable bonds is 5. The largest absolute Gasteiger partial charge is 0.507 e. The topological polar surface area (TPSA) is 76.1 Å². The number of halogens is 1. The number of ether oxygens (including phenoxy) is 2. The van der Waals surface area contributed by atoms with Crippen LogP contribution in [0.25, 0.3) is 5.76 Å². The predicted molar refractivity (Wildman–Crippen MR) is 127 cm³/mol. The zero-order chi connectivity index (χ0) is 24.6. The number of anilines is 1. The molecule has 174 valence electrons. The highest BCUT2D eigenvalue weighted by molar-refractivity contribution is 6.51. The number of nitrogens with zero attached hydrogens (tertiary/aromatic N) is 1. The van der Waals surface area contributed by atoms with Crippen molar-refractivity contribution in [3.63, 3.8) is 0 Å². The quantitative estimate of drug-likeness (QED) is 0.326. The van der Waals surface area contributed by atoms with Crippen molar-refractivity contribution in [2.75, 3.05) is 19.1 Å². The number of aliphatic hydroxyl groups is 1. The first-order valence-corrected chi connectivity index (χ1v) is 10.6. The Labute approximate surface area is 196 Å². The molecule has 34 heavy (non-hydrogen) atoms. The van der Waals surface area contributed by atoms with Gasteiger partial charge in [0.05, 0.1) is 31.4 Å².